The Morgan fingerprint density at radius 3 is 1.64 bits per heavy atom. The van der Waals surface area contributed by atoms with Crippen molar-refractivity contribution in [1.82, 2.24) is 0 Å². The average Bonchev–Trinajstić information content (AvgIpc) is 3.84. The number of rotatable bonds is 6. The first kappa shape index (κ1) is 31.2. The molecule has 55 heavy (non-hydrogen) atoms. The van der Waals surface area contributed by atoms with E-state index in [9.17, 15) is 0 Å². The van der Waals surface area contributed by atoms with E-state index in [1.807, 2.05) is 18.2 Å². The van der Waals surface area contributed by atoms with Crippen LogP contribution in [0.1, 0.15) is 0 Å². The summed E-state index contributed by atoms with van der Waals surface area (Å²) in [6, 6.07) is 70.8. The van der Waals surface area contributed by atoms with Crippen LogP contribution < -0.4 is 4.90 Å². The Morgan fingerprint density at radius 1 is 0.309 bits per heavy atom. The summed E-state index contributed by atoms with van der Waals surface area (Å²) in [6.07, 6.45) is 0. The van der Waals surface area contributed by atoms with E-state index in [2.05, 4.69) is 187 Å². The second kappa shape index (κ2) is 12.6. The van der Waals surface area contributed by atoms with E-state index >= 15 is 0 Å². The van der Waals surface area contributed by atoms with E-state index in [0.717, 1.165) is 83.2 Å². The summed E-state index contributed by atoms with van der Waals surface area (Å²) in [5, 5.41) is 6.80. The van der Waals surface area contributed by atoms with Gasteiger partial charge in [-0.25, -0.2) is 0 Å². The lowest BCUT2D eigenvalue weighted by molar-refractivity contribution is 0.669. The van der Waals surface area contributed by atoms with Crippen molar-refractivity contribution in [3.8, 4) is 33.4 Å². The first-order valence-corrected chi connectivity index (χ1v) is 18.7. The molecular formula is C52H33NO2. The molecule has 258 valence electrons. The second-order valence-corrected chi connectivity index (χ2v) is 14.0. The van der Waals surface area contributed by atoms with Crippen LogP contribution in [0.5, 0.6) is 0 Å². The highest BCUT2D eigenvalue weighted by Crippen LogP contribution is 2.47. The maximum atomic E-state index is 6.83. The van der Waals surface area contributed by atoms with Crippen LogP contribution in [0.15, 0.2) is 209 Å². The summed E-state index contributed by atoms with van der Waals surface area (Å²) in [6.45, 7) is 0. The predicted molar refractivity (Wildman–Crippen MR) is 229 cm³/mol. The highest BCUT2D eigenvalue weighted by atomic mass is 16.3. The Hall–Kier alpha value is -7.36. The van der Waals surface area contributed by atoms with Gasteiger partial charge in [-0.05, 0) is 81.6 Å². The number of hydrogen-bond acceptors (Lipinski definition) is 3. The molecule has 0 atom stereocenters. The summed E-state index contributed by atoms with van der Waals surface area (Å²) < 4.78 is 13.3. The molecule has 11 rings (SSSR count). The Morgan fingerprint density at radius 2 is 0.855 bits per heavy atom. The van der Waals surface area contributed by atoms with E-state index in [1.165, 1.54) is 21.9 Å². The molecule has 0 radical (unpaired) electrons. The fourth-order valence-corrected chi connectivity index (χ4v) is 8.29. The van der Waals surface area contributed by atoms with Crippen molar-refractivity contribution in [1.29, 1.82) is 0 Å². The Balaban J connectivity index is 1.12. The van der Waals surface area contributed by atoms with Gasteiger partial charge in [0.25, 0.3) is 0 Å². The average molecular weight is 704 g/mol. The Bertz CT molecular complexity index is 3180. The number of hydrogen-bond donors (Lipinski definition) is 0. The summed E-state index contributed by atoms with van der Waals surface area (Å²) in [4.78, 5) is 2.36. The van der Waals surface area contributed by atoms with E-state index in [1.54, 1.807) is 0 Å². The maximum Gasteiger partial charge on any atom is 0.145 e. The van der Waals surface area contributed by atoms with Crippen molar-refractivity contribution in [2.75, 3.05) is 4.90 Å². The standard InChI is InChI=1S/C52H33NO2/c1-2-12-34(13-3-1)35-24-28-38(29-25-35)53(39-30-26-37(27-31-39)41-19-11-21-44-43-17-6-8-22-48(43)54-51(41)44)47-33-32-45(42-20-10-15-36-14-4-5-16-40(36)42)52-50(47)46-18-7-9-23-49(46)55-52/h1-33H. The highest BCUT2D eigenvalue weighted by Gasteiger charge is 2.23. The molecule has 9 aromatic carbocycles. The third-order valence-electron chi connectivity index (χ3n) is 10.9. The largest absolute Gasteiger partial charge is 0.455 e. The Labute approximate surface area is 317 Å². The topological polar surface area (TPSA) is 29.5 Å². The van der Waals surface area contributed by atoms with Crippen LogP contribution in [0.2, 0.25) is 0 Å². The monoisotopic (exact) mass is 703 g/mol. The molecule has 0 saturated carbocycles. The third-order valence-corrected chi connectivity index (χ3v) is 10.9. The van der Waals surface area contributed by atoms with Gasteiger partial charge in [0.15, 0.2) is 0 Å². The third kappa shape index (κ3) is 5.13. The van der Waals surface area contributed by atoms with Crippen LogP contribution in [0.25, 0.3) is 88.0 Å². The van der Waals surface area contributed by atoms with E-state index < -0.39 is 0 Å². The van der Waals surface area contributed by atoms with Gasteiger partial charge in [-0.2, -0.15) is 0 Å². The number of furan rings is 2. The van der Waals surface area contributed by atoms with Crippen molar-refractivity contribution in [2.24, 2.45) is 0 Å². The molecule has 0 bridgehead atoms. The van der Waals surface area contributed by atoms with Gasteiger partial charge >= 0.3 is 0 Å². The molecule has 0 N–H and O–H groups in total. The quantitative estimate of drug-likeness (QED) is 0.173. The predicted octanol–water partition coefficient (Wildman–Crippen LogP) is 15.1. The van der Waals surface area contributed by atoms with Crippen molar-refractivity contribution in [2.45, 2.75) is 0 Å². The minimum atomic E-state index is 0.861. The van der Waals surface area contributed by atoms with Crippen LogP contribution in [-0.4, -0.2) is 0 Å². The first-order valence-electron chi connectivity index (χ1n) is 18.7. The SMILES string of the molecule is c1ccc(-c2ccc(N(c3ccc(-c4cccc5c4oc4ccccc45)cc3)c3ccc(-c4cccc5ccccc45)c4oc5ccccc5c34)cc2)cc1. The summed E-state index contributed by atoms with van der Waals surface area (Å²) in [5.74, 6) is 0. The molecule has 0 unspecified atom stereocenters. The van der Waals surface area contributed by atoms with Gasteiger partial charge < -0.3 is 13.7 Å². The first-order chi connectivity index (χ1) is 27.3. The van der Waals surface area contributed by atoms with Crippen LogP contribution in [0, 0.1) is 0 Å². The van der Waals surface area contributed by atoms with Crippen molar-refractivity contribution < 1.29 is 8.83 Å². The van der Waals surface area contributed by atoms with Crippen LogP contribution in [0.3, 0.4) is 0 Å². The smallest absolute Gasteiger partial charge is 0.145 e. The van der Waals surface area contributed by atoms with Gasteiger partial charge in [0.2, 0.25) is 0 Å². The van der Waals surface area contributed by atoms with Gasteiger partial charge in [-0.15, -0.1) is 0 Å². The molecule has 3 heteroatoms. The van der Waals surface area contributed by atoms with E-state index in [4.69, 9.17) is 8.83 Å². The molecule has 0 aliphatic rings. The lowest BCUT2D eigenvalue weighted by Crippen LogP contribution is -2.10. The summed E-state index contributed by atoms with van der Waals surface area (Å²) in [5.41, 5.74) is 13.4. The number of nitrogens with zero attached hydrogens (tertiary/aromatic N) is 1. The van der Waals surface area contributed by atoms with Crippen molar-refractivity contribution in [3.05, 3.63) is 200 Å². The number of para-hydroxylation sites is 3. The van der Waals surface area contributed by atoms with E-state index in [0.29, 0.717) is 0 Å². The van der Waals surface area contributed by atoms with Crippen molar-refractivity contribution in [3.63, 3.8) is 0 Å². The zero-order chi connectivity index (χ0) is 36.3. The van der Waals surface area contributed by atoms with Gasteiger partial charge in [-0.3, -0.25) is 0 Å². The zero-order valence-corrected chi connectivity index (χ0v) is 29.8. The lowest BCUT2D eigenvalue weighted by atomic mass is 9.95. The molecule has 0 spiro atoms. The lowest BCUT2D eigenvalue weighted by Gasteiger charge is -2.27. The normalized spacial score (nSPS) is 11.6. The van der Waals surface area contributed by atoms with Gasteiger partial charge in [0, 0.05) is 38.7 Å². The molecule has 0 aliphatic carbocycles. The fourth-order valence-electron chi connectivity index (χ4n) is 8.29. The van der Waals surface area contributed by atoms with Crippen LogP contribution >= 0.6 is 0 Å². The summed E-state index contributed by atoms with van der Waals surface area (Å²) >= 11 is 0. The maximum absolute atomic E-state index is 6.83. The molecule has 2 heterocycles. The van der Waals surface area contributed by atoms with Gasteiger partial charge in [-0.1, -0.05) is 152 Å². The molecule has 3 nitrogen and oxygen atoms in total. The number of anilines is 3. The molecular weight excluding hydrogens is 671 g/mol. The molecule has 11 aromatic rings. The summed E-state index contributed by atoms with van der Waals surface area (Å²) in [7, 11) is 0. The number of fused-ring (bicyclic) bond motifs is 7. The van der Waals surface area contributed by atoms with Crippen LogP contribution in [-0.2, 0) is 0 Å². The molecule has 2 aromatic heterocycles. The molecule has 0 aliphatic heterocycles. The fraction of sp³-hybridized carbons (Fsp3) is 0. The van der Waals surface area contributed by atoms with E-state index in [-0.39, 0.29) is 0 Å². The minimum Gasteiger partial charge on any atom is -0.455 e. The van der Waals surface area contributed by atoms with Gasteiger partial charge in [0.05, 0.1) is 11.1 Å². The highest BCUT2D eigenvalue weighted by molar-refractivity contribution is 6.18. The molecule has 0 amide bonds. The zero-order valence-electron chi connectivity index (χ0n) is 29.8. The van der Waals surface area contributed by atoms with Gasteiger partial charge in [0.1, 0.15) is 22.3 Å². The molecule has 0 saturated heterocycles. The Kier molecular flexibility index (Phi) is 7.17. The minimum absolute atomic E-state index is 0.861. The second-order valence-electron chi connectivity index (χ2n) is 14.0. The van der Waals surface area contributed by atoms with Crippen LogP contribution in [0.4, 0.5) is 17.1 Å². The number of benzene rings is 9. The van der Waals surface area contributed by atoms with Crippen molar-refractivity contribution >= 4 is 71.7 Å². The molecule has 0 fully saturated rings.